The van der Waals surface area contributed by atoms with Gasteiger partial charge in [-0.3, -0.25) is 10.1 Å². The number of hydrogen-bond acceptors (Lipinski definition) is 4. The SMILES string of the molecule is N#CCCOc1cc(Cl)ccc1[N+](=O)[O-]. The topological polar surface area (TPSA) is 76.2 Å². The highest BCUT2D eigenvalue weighted by molar-refractivity contribution is 6.30. The third-order valence-corrected chi connectivity index (χ3v) is 1.83. The van der Waals surface area contributed by atoms with Gasteiger partial charge in [-0.25, -0.2) is 0 Å². The quantitative estimate of drug-likeness (QED) is 0.449. The highest BCUT2D eigenvalue weighted by atomic mass is 35.5. The lowest BCUT2D eigenvalue weighted by Crippen LogP contribution is -1.99. The molecule has 0 spiro atoms. The first-order chi connectivity index (χ1) is 7.15. The maximum Gasteiger partial charge on any atom is 0.311 e. The third-order valence-electron chi connectivity index (χ3n) is 1.59. The maximum atomic E-state index is 10.6. The van der Waals surface area contributed by atoms with E-state index in [0.717, 1.165) is 0 Å². The van der Waals surface area contributed by atoms with Gasteiger partial charge in [0.25, 0.3) is 0 Å². The van der Waals surface area contributed by atoms with E-state index in [1.54, 1.807) is 0 Å². The highest BCUT2D eigenvalue weighted by Crippen LogP contribution is 2.29. The summed E-state index contributed by atoms with van der Waals surface area (Å²) < 4.78 is 5.07. The van der Waals surface area contributed by atoms with Gasteiger partial charge in [0.05, 0.1) is 17.4 Å². The van der Waals surface area contributed by atoms with Crippen LogP contribution < -0.4 is 4.74 Å². The van der Waals surface area contributed by atoms with Gasteiger partial charge in [0.1, 0.15) is 6.61 Å². The molecule has 1 aromatic rings. The summed E-state index contributed by atoms with van der Waals surface area (Å²) in [4.78, 5) is 10.0. The van der Waals surface area contributed by atoms with Crippen LogP contribution in [-0.2, 0) is 0 Å². The first-order valence-corrected chi connectivity index (χ1v) is 4.46. The summed E-state index contributed by atoms with van der Waals surface area (Å²) in [5, 5.41) is 19.2. The fourth-order valence-corrected chi connectivity index (χ4v) is 1.12. The van der Waals surface area contributed by atoms with Gasteiger partial charge in [-0.15, -0.1) is 0 Å². The van der Waals surface area contributed by atoms with Crippen molar-refractivity contribution in [2.45, 2.75) is 6.42 Å². The Kier molecular flexibility index (Phi) is 3.89. The number of nitro groups is 1. The molecule has 0 saturated heterocycles. The monoisotopic (exact) mass is 226 g/mol. The van der Waals surface area contributed by atoms with Crippen molar-refractivity contribution in [2.75, 3.05) is 6.61 Å². The number of halogens is 1. The Morgan fingerprint density at radius 1 is 1.60 bits per heavy atom. The Hall–Kier alpha value is -1.80. The van der Waals surface area contributed by atoms with Crippen molar-refractivity contribution in [1.82, 2.24) is 0 Å². The smallest absolute Gasteiger partial charge is 0.311 e. The molecule has 1 rings (SSSR count). The van der Waals surface area contributed by atoms with Gasteiger partial charge in [-0.2, -0.15) is 5.26 Å². The second-order valence-corrected chi connectivity index (χ2v) is 3.06. The molecule has 0 saturated carbocycles. The second kappa shape index (κ2) is 5.17. The van der Waals surface area contributed by atoms with Crippen LogP contribution in [-0.4, -0.2) is 11.5 Å². The average Bonchev–Trinajstić information content (AvgIpc) is 2.18. The van der Waals surface area contributed by atoms with Crippen LogP contribution in [0.25, 0.3) is 0 Å². The highest BCUT2D eigenvalue weighted by Gasteiger charge is 2.14. The minimum absolute atomic E-state index is 0.0859. The molecule has 1 aromatic carbocycles. The van der Waals surface area contributed by atoms with Gasteiger partial charge in [0.15, 0.2) is 5.75 Å². The molecule has 0 heterocycles. The normalized spacial score (nSPS) is 9.33. The molecular formula is C9H7ClN2O3. The van der Waals surface area contributed by atoms with Crippen molar-refractivity contribution >= 4 is 17.3 Å². The van der Waals surface area contributed by atoms with Gasteiger partial charge >= 0.3 is 5.69 Å². The zero-order valence-electron chi connectivity index (χ0n) is 7.64. The predicted molar refractivity (Wildman–Crippen MR) is 53.8 cm³/mol. The van der Waals surface area contributed by atoms with Crippen molar-refractivity contribution in [2.24, 2.45) is 0 Å². The lowest BCUT2D eigenvalue weighted by molar-refractivity contribution is -0.385. The number of nitriles is 1. The number of ether oxygens (including phenoxy) is 1. The molecule has 0 aromatic heterocycles. The molecule has 0 radical (unpaired) electrons. The minimum Gasteiger partial charge on any atom is -0.486 e. The summed E-state index contributed by atoms with van der Waals surface area (Å²) in [6, 6.07) is 5.91. The Bertz CT molecular complexity index is 414. The number of nitro benzene ring substituents is 1. The first-order valence-electron chi connectivity index (χ1n) is 4.09. The van der Waals surface area contributed by atoms with Crippen LogP contribution in [0.5, 0.6) is 5.75 Å². The van der Waals surface area contributed by atoms with E-state index in [2.05, 4.69) is 0 Å². The van der Waals surface area contributed by atoms with Crippen LogP contribution in [0.2, 0.25) is 5.02 Å². The first kappa shape index (κ1) is 11.3. The summed E-state index contributed by atoms with van der Waals surface area (Å²) in [5.74, 6) is 0.0859. The van der Waals surface area contributed by atoms with E-state index in [1.807, 2.05) is 6.07 Å². The number of rotatable bonds is 4. The van der Waals surface area contributed by atoms with Gasteiger partial charge in [-0.1, -0.05) is 11.6 Å². The summed E-state index contributed by atoms with van der Waals surface area (Å²) in [6.45, 7) is 0.109. The van der Waals surface area contributed by atoms with Crippen molar-refractivity contribution in [1.29, 1.82) is 5.26 Å². The second-order valence-electron chi connectivity index (χ2n) is 2.63. The van der Waals surface area contributed by atoms with Gasteiger partial charge in [-0.05, 0) is 6.07 Å². The molecule has 6 heteroatoms. The molecule has 0 aliphatic carbocycles. The molecule has 0 bridgehead atoms. The maximum absolute atomic E-state index is 10.6. The van der Waals surface area contributed by atoms with Crippen molar-refractivity contribution in [3.63, 3.8) is 0 Å². The van der Waals surface area contributed by atoms with Crippen LogP contribution in [0.15, 0.2) is 18.2 Å². The van der Waals surface area contributed by atoms with E-state index in [-0.39, 0.29) is 24.5 Å². The molecular weight excluding hydrogens is 220 g/mol. The van der Waals surface area contributed by atoms with Crippen LogP contribution in [0.4, 0.5) is 5.69 Å². The summed E-state index contributed by atoms with van der Waals surface area (Å²) in [7, 11) is 0. The average molecular weight is 227 g/mol. The Morgan fingerprint density at radius 3 is 2.93 bits per heavy atom. The Balaban J connectivity index is 2.88. The van der Waals surface area contributed by atoms with E-state index in [9.17, 15) is 10.1 Å². The van der Waals surface area contributed by atoms with Crippen molar-refractivity contribution in [3.8, 4) is 11.8 Å². The summed E-state index contributed by atoms with van der Waals surface area (Å²) >= 11 is 5.67. The zero-order valence-corrected chi connectivity index (χ0v) is 8.40. The molecule has 0 aliphatic heterocycles. The van der Waals surface area contributed by atoms with E-state index in [1.165, 1.54) is 18.2 Å². The molecule has 78 valence electrons. The van der Waals surface area contributed by atoms with E-state index < -0.39 is 4.92 Å². The molecule has 5 nitrogen and oxygen atoms in total. The third kappa shape index (κ3) is 3.11. The van der Waals surface area contributed by atoms with E-state index in [0.29, 0.717) is 5.02 Å². The largest absolute Gasteiger partial charge is 0.486 e. The summed E-state index contributed by atoms with van der Waals surface area (Å²) in [5.41, 5.74) is -0.155. The molecule has 15 heavy (non-hydrogen) atoms. The molecule has 0 N–H and O–H groups in total. The lowest BCUT2D eigenvalue weighted by atomic mass is 10.3. The molecule has 0 unspecified atom stereocenters. The van der Waals surface area contributed by atoms with Crippen molar-refractivity contribution in [3.05, 3.63) is 33.3 Å². The molecule has 0 fully saturated rings. The van der Waals surface area contributed by atoms with E-state index in [4.69, 9.17) is 21.6 Å². The number of benzene rings is 1. The summed E-state index contributed by atoms with van der Waals surface area (Å²) in [6.07, 6.45) is 0.170. The Labute approximate surface area is 91.0 Å². The van der Waals surface area contributed by atoms with Gasteiger partial charge < -0.3 is 4.74 Å². The van der Waals surface area contributed by atoms with Crippen LogP contribution in [0.1, 0.15) is 6.42 Å². The van der Waals surface area contributed by atoms with Crippen molar-refractivity contribution < 1.29 is 9.66 Å². The molecule has 0 amide bonds. The standard InChI is InChI=1S/C9H7ClN2O3/c10-7-2-3-8(12(13)14)9(6-7)15-5-1-4-11/h2-3,6H,1,5H2. The van der Waals surface area contributed by atoms with Crippen LogP contribution in [0, 0.1) is 21.4 Å². The number of nitrogens with zero attached hydrogens (tertiary/aromatic N) is 2. The zero-order chi connectivity index (χ0) is 11.3. The van der Waals surface area contributed by atoms with Crippen LogP contribution in [0.3, 0.4) is 0 Å². The fraction of sp³-hybridized carbons (Fsp3) is 0.222. The molecule has 0 aliphatic rings. The Morgan fingerprint density at radius 2 is 2.33 bits per heavy atom. The van der Waals surface area contributed by atoms with Gasteiger partial charge in [0, 0.05) is 17.2 Å². The molecule has 0 atom stereocenters. The predicted octanol–water partition coefficient (Wildman–Crippen LogP) is 2.54. The number of hydrogen-bond donors (Lipinski definition) is 0. The van der Waals surface area contributed by atoms with Crippen LogP contribution >= 0.6 is 11.6 Å². The minimum atomic E-state index is -0.558. The van der Waals surface area contributed by atoms with Gasteiger partial charge in [0.2, 0.25) is 0 Å². The fourth-order valence-electron chi connectivity index (χ4n) is 0.961. The van der Waals surface area contributed by atoms with E-state index >= 15 is 0 Å². The lowest BCUT2D eigenvalue weighted by Gasteiger charge is -2.04.